The predicted octanol–water partition coefficient (Wildman–Crippen LogP) is 4.28. The van der Waals surface area contributed by atoms with Crippen molar-refractivity contribution in [1.82, 2.24) is 15.5 Å². The molecular formula is C17H13Cl2N3O2. The summed E-state index contributed by atoms with van der Waals surface area (Å²) in [6.45, 7) is 2.11. The zero-order valence-corrected chi connectivity index (χ0v) is 14.2. The summed E-state index contributed by atoms with van der Waals surface area (Å²) in [5.41, 5.74) is 2.37. The maximum absolute atomic E-state index is 12.1. The molecule has 7 heteroatoms. The average Bonchev–Trinajstić information content (AvgIpc) is 3.04. The number of nitrogens with one attached hydrogen (secondary N) is 1. The van der Waals surface area contributed by atoms with Crippen LogP contribution >= 0.6 is 23.2 Å². The van der Waals surface area contributed by atoms with Crippen molar-refractivity contribution in [2.45, 2.75) is 13.5 Å². The smallest absolute Gasteiger partial charge is 0.251 e. The molecule has 0 aliphatic heterocycles. The number of hydrogen-bond donors (Lipinski definition) is 1. The van der Waals surface area contributed by atoms with Crippen LogP contribution in [0.1, 0.15) is 21.8 Å². The number of aryl methyl sites for hydroxylation is 1. The van der Waals surface area contributed by atoms with Gasteiger partial charge in [-0.15, -0.1) is 0 Å². The minimum atomic E-state index is -0.302. The quantitative estimate of drug-likeness (QED) is 0.752. The molecule has 0 aliphatic rings. The molecule has 0 saturated carbocycles. The van der Waals surface area contributed by atoms with Gasteiger partial charge in [0.25, 0.3) is 5.91 Å². The molecule has 0 spiro atoms. The van der Waals surface area contributed by atoms with Gasteiger partial charge in [0.2, 0.25) is 11.7 Å². The van der Waals surface area contributed by atoms with Crippen molar-refractivity contribution in [3.05, 3.63) is 69.5 Å². The van der Waals surface area contributed by atoms with E-state index < -0.39 is 0 Å². The highest BCUT2D eigenvalue weighted by molar-refractivity contribution is 6.42. The molecule has 2 aromatic carbocycles. The minimum Gasteiger partial charge on any atom is -0.343 e. The van der Waals surface area contributed by atoms with Crippen molar-refractivity contribution in [2.75, 3.05) is 0 Å². The summed E-state index contributed by atoms with van der Waals surface area (Å²) in [6.07, 6.45) is 0. The molecule has 1 heterocycles. The summed E-state index contributed by atoms with van der Waals surface area (Å²) in [5, 5.41) is 7.35. The van der Waals surface area contributed by atoms with Gasteiger partial charge in [-0.05, 0) is 31.2 Å². The number of amides is 1. The highest BCUT2D eigenvalue weighted by atomic mass is 35.5. The highest BCUT2D eigenvalue weighted by Crippen LogP contribution is 2.22. The summed E-state index contributed by atoms with van der Waals surface area (Å²) in [6, 6.07) is 12.4. The predicted molar refractivity (Wildman–Crippen MR) is 92.1 cm³/mol. The molecule has 0 radical (unpaired) electrons. The van der Waals surface area contributed by atoms with Crippen LogP contribution in [0.15, 0.2) is 47.0 Å². The standard InChI is InChI=1S/C17H13Cl2N3O2/c1-10-3-2-4-11(7-10)16-21-15(24-22-16)9-20-17(23)12-5-6-13(18)14(19)8-12/h2-8H,9H2,1H3,(H,20,23). The molecule has 1 N–H and O–H groups in total. The fraction of sp³-hybridized carbons (Fsp3) is 0.118. The van der Waals surface area contributed by atoms with Crippen LogP contribution in [0.2, 0.25) is 10.0 Å². The molecular weight excluding hydrogens is 349 g/mol. The van der Waals surface area contributed by atoms with E-state index in [1.165, 1.54) is 6.07 Å². The maximum atomic E-state index is 12.1. The van der Waals surface area contributed by atoms with Gasteiger partial charge in [-0.25, -0.2) is 0 Å². The van der Waals surface area contributed by atoms with Crippen LogP contribution in [0.3, 0.4) is 0 Å². The molecule has 0 fully saturated rings. The molecule has 0 bridgehead atoms. The van der Waals surface area contributed by atoms with Gasteiger partial charge in [0.15, 0.2) is 0 Å². The van der Waals surface area contributed by atoms with Gasteiger partial charge in [-0.3, -0.25) is 4.79 Å². The molecule has 5 nitrogen and oxygen atoms in total. The fourth-order valence-electron chi connectivity index (χ4n) is 2.12. The van der Waals surface area contributed by atoms with Crippen molar-refractivity contribution in [1.29, 1.82) is 0 Å². The number of benzene rings is 2. The summed E-state index contributed by atoms with van der Waals surface area (Å²) < 4.78 is 5.17. The first kappa shape index (κ1) is 16.5. The molecule has 0 atom stereocenters. The fourth-order valence-corrected chi connectivity index (χ4v) is 2.42. The Labute approximate surface area is 148 Å². The molecule has 1 aromatic heterocycles. The van der Waals surface area contributed by atoms with Crippen molar-refractivity contribution < 1.29 is 9.32 Å². The van der Waals surface area contributed by atoms with Crippen LogP contribution in [0.4, 0.5) is 0 Å². The Hall–Kier alpha value is -2.37. The second-order valence-electron chi connectivity index (χ2n) is 5.19. The molecule has 24 heavy (non-hydrogen) atoms. The van der Waals surface area contributed by atoms with E-state index >= 15 is 0 Å². The number of carbonyl (C=O) groups excluding carboxylic acids is 1. The van der Waals surface area contributed by atoms with Gasteiger partial charge in [0.05, 0.1) is 16.6 Å². The maximum Gasteiger partial charge on any atom is 0.251 e. The first-order valence-electron chi connectivity index (χ1n) is 7.16. The van der Waals surface area contributed by atoms with E-state index in [0.717, 1.165) is 11.1 Å². The third kappa shape index (κ3) is 3.75. The Morgan fingerprint density at radius 3 is 2.75 bits per heavy atom. The van der Waals surface area contributed by atoms with Crippen molar-refractivity contribution in [2.24, 2.45) is 0 Å². The van der Waals surface area contributed by atoms with Crippen LogP contribution in [0, 0.1) is 6.92 Å². The lowest BCUT2D eigenvalue weighted by Gasteiger charge is -2.03. The van der Waals surface area contributed by atoms with E-state index in [1.54, 1.807) is 12.1 Å². The largest absolute Gasteiger partial charge is 0.343 e. The van der Waals surface area contributed by atoms with Gasteiger partial charge >= 0.3 is 0 Å². The SMILES string of the molecule is Cc1cccc(-c2noc(CNC(=O)c3ccc(Cl)c(Cl)c3)n2)c1. The topological polar surface area (TPSA) is 68.0 Å². The van der Waals surface area contributed by atoms with Crippen molar-refractivity contribution in [3.8, 4) is 11.4 Å². The number of hydrogen-bond acceptors (Lipinski definition) is 4. The number of carbonyl (C=O) groups is 1. The van der Waals surface area contributed by atoms with E-state index in [1.807, 2.05) is 31.2 Å². The van der Waals surface area contributed by atoms with Crippen molar-refractivity contribution in [3.63, 3.8) is 0 Å². The van der Waals surface area contributed by atoms with Crippen LogP contribution in [0.5, 0.6) is 0 Å². The van der Waals surface area contributed by atoms with Gasteiger partial charge < -0.3 is 9.84 Å². The summed E-state index contributed by atoms with van der Waals surface area (Å²) in [7, 11) is 0. The number of halogens is 2. The monoisotopic (exact) mass is 361 g/mol. The van der Waals surface area contributed by atoms with Crippen LogP contribution in [0.25, 0.3) is 11.4 Å². The summed E-state index contributed by atoms with van der Waals surface area (Å²) in [5.74, 6) is 0.501. The first-order chi connectivity index (χ1) is 11.5. The van der Waals surface area contributed by atoms with Crippen LogP contribution in [-0.2, 0) is 6.54 Å². The third-order valence-corrected chi connectivity index (χ3v) is 4.07. The van der Waals surface area contributed by atoms with Crippen LogP contribution in [-0.4, -0.2) is 16.0 Å². The molecule has 0 saturated heterocycles. The molecule has 3 rings (SSSR count). The number of aromatic nitrogens is 2. The van der Waals surface area contributed by atoms with E-state index in [0.29, 0.717) is 27.3 Å². The molecule has 0 aliphatic carbocycles. The third-order valence-electron chi connectivity index (χ3n) is 3.33. The lowest BCUT2D eigenvalue weighted by Crippen LogP contribution is -2.22. The van der Waals surface area contributed by atoms with E-state index in [4.69, 9.17) is 27.7 Å². The van der Waals surface area contributed by atoms with E-state index in [-0.39, 0.29) is 12.5 Å². The first-order valence-corrected chi connectivity index (χ1v) is 7.91. The second-order valence-corrected chi connectivity index (χ2v) is 6.01. The zero-order valence-electron chi connectivity index (χ0n) is 12.7. The van der Waals surface area contributed by atoms with Gasteiger partial charge in [0.1, 0.15) is 0 Å². The Morgan fingerprint density at radius 2 is 2.00 bits per heavy atom. The van der Waals surface area contributed by atoms with Gasteiger partial charge in [0, 0.05) is 11.1 Å². The number of rotatable bonds is 4. The van der Waals surface area contributed by atoms with Gasteiger partial charge in [-0.1, -0.05) is 52.1 Å². The lowest BCUT2D eigenvalue weighted by atomic mass is 10.1. The molecule has 0 unspecified atom stereocenters. The Kier molecular flexibility index (Phi) is 4.83. The Balaban J connectivity index is 1.67. The second kappa shape index (κ2) is 7.03. The van der Waals surface area contributed by atoms with Crippen molar-refractivity contribution >= 4 is 29.1 Å². The normalized spacial score (nSPS) is 10.6. The Bertz CT molecular complexity index is 893. The summed E-state index contributed by atoms with van der Waals surface area (Å²) in [4.78, 5) is 16.4. The molecule has 1 amide bonds. The molecule has 3 aromatic rings. The highest BCUT2D eigenvalue weighted by Gasteiger charge is 2.12. The summed E-state index contributed by atoms with van der Waals surface area (Å²) >= 11 is 11.7. The van der Waals surface area contributed by atoms with Gasteiger partial charge in [-0.2, -0.15) is 4.98 Å². The Morgan fingerprint density at radius 1 is 1.17 bits per heavy atom. The van der Waals surface area contributed by atoms with Crippen LogP contribution < -0.4 is 5.32 Å². The zero-order chi connectivity index (χ0) is 17.1. The average molecular weight is 362 g/mol. The van der Waals surface area contributed by atoms with E-state index in [2.05, 4.69) is 15.5 Å². The minimum absolute atomic E-state index is 0.123. The van der Waals surface area contributed by atoms with E-state index in [9.17, 15) is 4.79 Å². The number of nitrogens with zero attached hydrogens (tertiary/aromatic N) is 2. The molecule has 122 valence electrons. The lowest BCUT2D eigenvalue weighted by molar-refractivity contribution is 0.0946.